The normalized spacial score (nSPS) is 18.2. The minimum atomic E-state index is -0.250. The summed E-state index contributed by atoms with van der Waals surface area (Å²) in [6, 6.07) is 0. The van der Waals surface area contributed by atoms with Gasteiger partial charge in [0.15, 0.2) is 5.13 Å². The Kier molecular flexibility index (Phi) is 8.14. The number of ether oxygens (including phenoxy) is 1. The third-order valence-corrected chi connectivity index (χ3v) is 6.48. The fraction of sp³-hybridized carbons (Fsp3) is 0.632. The lowest BCUT2D eigenvalue weighted by atomic mass is 9.90. The van der Waals surface area contributed by atoms with Crippen molar-refractivity contribution in [1.29, 1.82) is 0 Å². The predicted molar refractivity (Wildman–Crippen MR) is 112 cm³/mol. The second-order valence-corrected chi connectivity index (χ2v) is 8.15. The Bertz CT molecular complexity index is 833. The van der Waals surface area contributed by atoms with E-state index in [2.05, 4.69) is 27.3 Å². The van der Waals surface area contributed by atoms with Crippen LogP contribution in [-0.2, 0) is 40.1 Å². The number of fused-ring (bicyclic) bond motifs is 1. The fourth-order valence-electron chi connectivity index (χ4n) is 3.66. The van der Waals surface area contributed by atoms with Gasteiger partial charge in [0, 0.05) is 49.8 Å². The van der Waals surface area contributed by atoms with Crippen molar-refractivity contribution in [3.8, 4) is 0 Å². The van der Waals surface area contributed by atoms with Gasteiger partial charge < -0.3 is 24.6 Å². The molecule has 2 aliphatic rings. The van der Waals surface area contributed by atoms with Gasteiger partial charge in [0.05, 0.1) is 18.9 Å². The van der Waals surface area contributed by atoms with E-state index in [4.69, 9.17) is 19.6 Å². The number of carbonyl (C=O) groups excluding carboxylic acids is 1. The highest BCUT2D eigenvalue weighted by molar-refractivity contribution is 7.15. The van der Waals surface area contributed by atoms with Crippen molar-refractivity contribution in [2.75, 3.05) is 37.7 Å². The van der Waals surface area contributed by atoms with Gasteiger partial charge in [-0.3, -0.25) is 9.59 Å². The van der Waals surface area contributed by atoms with Crippen LogP contribution >= 0.6 is 11.3 Å². The molecule has 1 atom stereocenters. The summed E-state index contributed by atoms with van der Waals surface area (Å²) in [5.74, 6) is 1.06. The van der Waals surface area contributed by atoms with E-state index in [1.807, 2.05) is 4.57 Å². The zero-order valence-corrected chi connectivity index (χ0v) is 17.9. The van der Waals surface area contributed by atoms with Crippen molar-refractivity contribution >= 4 is 28.8 Å². The Morgan fingerprint density at radius 3 is 2.93 bits per heavy atom. The number of hydrogen-bond acceptors (Lipinski definition) is 8. The lowest BCUT2D eigenvalue weighted by Crippen LogP contribution is -2.36. The van der Waals surface area contributed by atoms with Gasteiger partial charge >= 0.3 is 0 Å². The molecule has 0 saturated carbocycles. The molecule has 1 amide bonds. The molecule has 0 spiro atoms. The fourth-order valence-corrected chi connectivity index (χ4v) is 4.81. The van der Waals surface area contributed by atoms with Crippen LogP contribution in [0.2, 0.25) is 0 Å². The third kappa shape index (κ3) is 5.54. The number of hydrogen-bond donors (Lipinski definition) is 2. The molecule has 1 aliphatic carbocycles. The second-order valence-electron chi connectivity index (χ2n) is 7.09. The van der Waals surface area contributed by atoms with Crippen LogP contribution in [0.15, 0.2) is 6.33 Å². The number of anilines is 1. The van der Waals surface area contributed by atoms with Crippen LogP contribution in [0, 0.1) is 5.92 Å². The number of nitrogens with zero attached hydrogens (tertiary/aromatic N) is 5. The van der Waals surface area contributed by atoms with E-state index in [0.29, 0.717) is 13.0 Å². The summed E-state index contributed by atoms with van der Waals surface area (Å²) in [6.07, 6.45) is 5.02. The van der Waals surface area contributed by atoms with Crippen molar-refractivity contribution in [2.45, 2.75) is 39.2 Å². The van der Waals surface area contributed by atoms with Gasteiger partial charge in [-0.15, -0.1) is 21.5 Å². The lowest BCUT2D eigenvalue weighted by molar-refractivity contribution is -0.125. The van der Waals surface area contributed by atoms with E-state index in [1.165, 1.54) is 4.88 Å². The smallest absolute Gasteiger partial charge is 0.290 e. The molecule has 0 aromatic carbocycles. The number of carbonyl (C=O) groups is 2. The molecule has 2 aromatic rings. The van der Waals surface area contributed by atoms with Gasteiger partial charge in [0.2, 0.25) is 5.91 Å². The number of aromatic nitrogens is 4. The van der Waals surface area contributed by atoms with E-state index in [-0.39, 0.29) is 18.3 Å². The molecule has 1 aliphatic heterocycles. The summed E-state index contributed by atoms with van der Waals surface area (Å²) in [7, 11) is 0. The SMILES string of the molecule is CCn1cnnc1CCNC(=O)C1CCc2sc(N3CCOCC3)nc2C1.O=CO. The minimum Gasteiger partial charge on any atom is -0.483 e. The summed E-state index contributed by atoms with van der Waals surface area (Å²) >= 11 is 1.79. The molecular formula is C19H28N6O4S. The zero-order chi connectivity index (χ0) is 21.3. The van der Waals surface area contributed by atoms with Gasteiger partial charge in [-0.05, 0) is 19.8 Å². The average Bonchev–Trinajstić information content (AvgIpc) is 3.41. The van der Waals surface area contributed by atoms with Crippen LogP contribution in [-0.4, -0.2) is 70.1 Å². The molecule has 1 saturated heterocycles. The molecular weight excluding hydrogens is 408 g/mol. The number of rotatable bonds is 6. The molecule has 4 rings (SSSR count). The summed E-state index contributed by atoms with van der Waals surface area (Å²) in [5, 5.41) is 19.1. The highest BCUT2D eigenvalue weighted by atomic mass is 32.1. The van der Waals surface area contributed by atoms with E-state index >= 15 is 0 Å². The quantitative estimate of drug-likeness (QED) is 0.636. The number of thiazole rings is 1. The molecule has 10 nitrogen and oxygen atoms in total. The summed E-state index contributed by atoms with van der Waals surface area (Å²) in [5.41, 5.74) is 1.11. The average molecular weight is 437 g/mol. The Balaban J connectivity index is 0.000000806. The molecule has 164 valence electrons. The van der Waals surface area contributed by atoms with Crippen LogP contribution in [0.4, 0.5) is 5.13 Å². The molecule has 11 heteroatoms. The van der Waals surface area contributed by atoms with E-state index in [1.54, 1.807) is 17.7 Å². The van der Waals surface area contributed by atoms with Gasteiger partial charge in [-0.2, -0.15) is 0 Å². The first kappa shape index (κ1) is 22.2. The third-order valence-electron chi connectivity index (χ3n) is 5.26. The van der Waals surface area contributed by atoms with Gasteiger partial charge in [-0.1, -0.05) is 0 Å². The van der Waals surface area contributed by atoms with Crippen molar-refractivity contribution in [3.63, 3.8) is 0 Å². The molecule has 2 aromatic heterocycles. The highest BCUT2D eigenvalue weighted by Crippen LogP contribution is 2.34. The summed E-state index contributed by atoms with van der Waals surface area (Å²) < 4.78 is 7.42. The Labute approximate surface area is 179 Å². The largest absolute Gasteiger partial charge is 0.483 e. The first-order chi connectivity index (χ1) is 14.7. The highest BCUT2D eigenvalue weighted by Gasteiger charge is 2.28. The predicted octanol–water partition coefficient (Wildman–Crippen LogP) is 0.756. The van der Waals surface area contributed by atoms with E-state index < -0.39 is 0 Å². The molecule has 0 bridgehead atoms. The molecule has 2 N–H and O–H groups in total. The van der Waals surface area contributed by atoms with E-state index in [0.717, 1.165) is 68.8 Å². The van der Waals surface area contributed by atoms with Crippen LogP contribution < -0.4 is 10.2 Å². The van der Waals surface area contributed by atoms with Crippen molar-refractivity contribution in [2.24, 2.45) is 5.92 Å². The first-order valence-electron chi connectivity index (χ1n) is 10.2. The van der Waals surface area contributed by atoms with Crippen LogP contribution in [0.3, 0.4) is 0 Å². The van der Waals surface area contributed by atoms with E-state index in [9.17, 15) is 4.79 Å². The maximum Gasteiger partial charge on any atom is 0.290 e. The summed E-state index contributed by atoms with van der Waals surface area (Å²) in [4.78, 5) is 29.4. The maximum atomic E-state index is 12.6. The number of nitrogens with one attached hydrogen (secondary N) is 1. The van der Waals surface area contributed by atoms with Crippen molar-refractivity contribution in [1.82, 2.24) is 25.1 Å². The Morgan fingerprint density at radius 1 is 1.43 bits per heavy atom. The number of carboxylic acid groups (broad SMARTS) is 1. The summed E-state index contributed by atoms with van der Waals surface area (Å²) in [6.45, 7) is 6.58. The number of amides is 1. The van der Waals surface area contributed by atoms with Crippen LogP contribution in [0.1, 0.15) is 29.7 Å². The maximum absolute atomic E-state index is 12.6. The first-order valence-corrected chi connectivity index (χ1v) is 11.0. The molecule has 30 heavy (non-hydrogen) atoms. The molecule has 3 heterocycles. The topological polar surface area (TPSA) is 122 Å². The second kappa shape index (κ2) is 11.0. The van der Waals surface area contributed by atoms with Crippen molar-refractivity contribution < 1.29 is 19.4 Å². The van der Waals surface area contributed by atoms with Crippen LogP contribution in [0.25, 0.3) is 0 Å². The lowest BCUT2D eigenvalue weighted by Gasteiger charge is -2.26. The number of aryl methyl sites for hydroxylation is 2. The minimum absolute atomic E-state index is 0.0150. The molecule has 0 radical (unpaired) electrons. The molecule has 1 fully saturated rings. The Morgan fingerprint density at radius 2 is 2.20 bits per heavy atom. The van der Waals surface area contributed by atoms with Gasteiger partial charge in [0.25, 0.3) is 6.47 Å². The van der Waals surface area contributed by atoms with Crippen LogP contribution in [0.5, 0.6) is 0 Å². The molecule has 1 unspecified atom stereocenters. The van der Waals surface area contributed by atoms with Gasteiger partial charge in [0.1, 0.15) is 12.2 Å². The number of morpholine rings is 1. The standard InChI is InChI=1S/C18H26N6O2S.CH2O2/c1-2-23-12-20-22-16(23)5-6-19-17(25)13-3-4-15-14(11-13)21-18(27-15)24-7-9-26-10-8-24;2-1-3/h12-13H,2-11H2,1H3,(H,19,25);1H,(H,2,3). The van der Waals surface area contributed by atoms with Gasteiger partial charge in [-0.25, -0.2) is 4.98 Å². The zero-order valence-electron chi connectivity index (χ0n) is 17.1. The van der Waals surface area contributed by atoms with Crippen molar-refractivity contribution in [3.05, 3.63) is 22.7 Å². The Hall–Kier alpha value is -2.53. The monoisotopic (exact) mass is 436 g/mol.